The third-order valence-electron chi connectivity index (χ3n) is 4.12. The van der Waals surface area contributed by atoms with E-state index in [1.165, 1.54) is 17.0 Å². The first-order valence-electron chi connectivity index (χ1n) is 8.53. The molecule has 6 nitrogen and oxygen atoms in total. The Hall–Kier alpha value is -2.91. The van der Waals surface area contributed by atoms with Crippen molar-refractivity contribution >= 4 is 5.91 Å². The van der Waals surface area contributed by atoms with Crippen molar-refractivity contribution in [3.63, 3.8) is 0 Å². The van der Waals surface area contributed by atoms with E-state index >= 15 is 0 Å². The second-order valence-corrected chi connectivity index (χ2v) is 6.22. The molecule has 0 spiro atoms. The number of carbonyl (C=O) groups excluding carboxylic acids is 1. The zero-order valence-corrected chi connectivity index (χ0v) is 14.7. The van der Waals surface area contributed by atoms with Crippen LogP contribution in [0.5, 0.6) is 11.8 Å². The summed E-state index contributed by atoms with van der Waals surface area (Å²) in [5.74, 6) is -0.988. The molecule has 0 saturated carbocycles. The summed E-state index contributed by atoms with van der Waals surface area (Å²) in [7, 11) is 0. The van der Waals surface area contributed by atoms with Crippen LogP contribution < -0.4 is 9.47 Å². The largest absolute Gasteiger partial charge is 0.484 e. The van der Waals surface area contributed by atoms with Gasteiger partial charge in [0.2, 0.25) is 0 Å². The SMILES string of the molecule is O=C(COc1cccc(C(F)(F)F)c1)N1CCC[C@@H](Oc2ncc(F)cn2)C1. The van der Waals surface area contributed by atoms with Crippen LogP contribution in [0.1, 0.15) is 18.4 Å². The van der Waals surface area contributed by atoms with Crippen LogP contribution in [0, 0.1) is 5.82 Å². The highest BCUT2D eigenvalue weighted by Crippen LogP contribution is 2.31. The molecule has 1 atom stereocenters. The van der Waals surface area contributed by atoms with Gasteiger partial charge in [0.1, 0.15) is 11.9 Å². The molecule has 2 heterocycles. The van der Waals surface area contributed by atoms with E-state index in [0.29, 0.717) is 19.4 Å². The number of nitrogens with zero attached hydrogens (tertiary/aromatic N) is 3. The van der Waals surface area contributed by atoms with Crippen LogP contribution in [-0.2, 0) is 11.0 Å². The molecule has 1 aromatic heterocycles. The van der Waals surface area contributed by atoms with Crippen LogP contribution in [0.3, 0.4) is 0 Å². The maximum absolute atomic E-state index is 12.8. The number of piperidine rings is 1. The van der Waals surface area contributed by atoms with Crippen LogP contribution in [0.15, 0.2) is 36.7 Å². The van der Waals surface area contributed by atoms with Gasteiger partial charge in [0, 0.05) is 6.54 Å². The smallest absolute Gasteiger partial charge is 0.416 e. The fourth-order valence-corrected chi connectivity index (χ4v) is 2.77. The third-order valence-corrected chi connectivity index (χ3v) is 4.12. The molecule has 0 N–H and O–H groups in total. The van der Waals surface area contributed by atoms with E-state index < -0.39 is 17.6 Å². The van der Waals surface area contributed by atoms with Gasteiger partial charge in [0.25, 0.3) is 5.91 Å². The predicted molar refractivity (Wildman–Crippen MR) is 89.2 cm³/mol. The van der Waals surface area contributed by atoms with Crippen molar-refractivity contribution in [2.75, 3.05) is 19.7 Å². The molecular formula is C18H17F4N3O3. The molecule has 0 aliphatic carbocycles. The molecule has 0 radical (unpaired) electrons. The zero-order valence-electron chi connectivity index (χ0n) is 14.7. The number of likely N-dealkylation sites (tertiary alicyclic amines) is 1. The number of hydrogen-bond acceptors (Lipinski definition) is 5. The molecule has 1 aromatic carbocycles. The number of carbonyl (C=O) groups is 1. The summed E-state index contributed by atoms with van der Waals surface area (Å²) in [6.45, 7) is 0.349. The number of alkyl halides is 3. The maximum Gasteiger partial charge on any atom is 0.416 e. The minimum atomic E-state index is -4.48. The molecule has 3 rings (SSSR count). The first kappa shape index (κ1) is 19.8. The molecule has 10 heteroatoms. The van der Waals surface area contributed by atoms with E-state index in [4.69, 9.17) is 9.47 Å². The molecule has 1 saturated heterocycles. The lowest BCUT2D eigenvalue weighted by Crippen LogP contribution is -2.46. The van der Waals surface area contributed by atoms with Gasteiger partial charge in [0.05, 0.1) is 24.5 Å². The minimum absolute atomic E-state index is 0.0147. The monoisotopic (exact) mass is 399 g/mol. The van der Waals surface area contributed by atoms with Gasteiger partial charge in [-0.05, 0) is 31.0 Å². The van der Waals surface area contributed by atoms with Crippen molar-refractivity contribution in [3.05, 3.63) is 48.0 Å². The average molecular weight is 399 g/mol. The van der Waals surface area contributed by atoms with Gasteiger partial charge < -0.3 is 14.4 Å². The summed E-state index contributed by atoms with van der Waals surface area (Å²) in [5, 5.41) is 0. The molecular weight excluding hydrogens is 382 g/mol. The highest BCUT2D eigenvalue weighted by atomic mass is 19.4. The Balaban J connectivity index is 1.53. The summed E-state index contributed by atoms with van der Waals surface area (Å²) in [5.41, 5.74) is -0.844. The molecule has 1 aliphatic rings. The van der Waals surface area contributed by atoms with E-state index in [2.05, 4.69) is 9.97 Å². The molecule has 2 aromatic rings. The minimum Gasteiger partial charge on any atom is -0.484 e. The Morgan fingerprint density at radius 3 is 2.71 bits per heavy atom. The molecule has 0 bridgehead atoms. The lowest BCUT2D eigenvalue weighted by molar-refractivity contribution is -0.137. The second kappa shape index (κ2) is 8.41. The Bertz CT molecular complexity index is 814. The molecule has 28 heavy (non-hydrogen) atoms. The number of ether oxygens (including phenoxy) is 2. The molecule has 0 unspecified atom stereocenters. The molecule has 1 fully saturated rings. The van der Waals surface area contributed by atoms with Crippen LogP contribution in [0.4, 0.5) is 17.6 Å². The number of benzene rings is 1. The summed E-state index contributed by atoms with van der Waals surface area (Å²) in [6.07, 6.45) is -1.55. The van der Waals surface area contributed by atoms with E-state index in [1.807, 2.05) is 0 Å². The van der Waals surface area contributed by atoms with Crippen molar-refractivity contribution in [2.45, 2.75) is 25.1 Å². The average Bonchev–Trinajstić information content (AvgIpc) is 2.68. The topological polar surface area (TPSA) is 64.5 Å². The molecule has 1 amide bonds. The van der Waals surface area contributed by atoms with E-state index in [0.717, 1.165) is 24.5 Å². The Morgan fingerprint density at radius 2 is 2.00 bits per heavy atom. The summed E-state index contributed by atoms with van der Waals surface area (Å²) in [4.78, 5) is 21.3. The Morgan fingerprint density at radius 1 is 1.25 bits per heavy atom. The van der Waals surface area contributed by atoms with Gasteiger partial charge in [-0.2, -0.15) is 13.2 Å². The van der Waals surface area contributed by atoms with Crippen molar-refractivity contribution in [1.82, 2.24) is 14.9 Å². The van der Waals surface area contributed by atoms with Crippen molar-refractivity contribution in [2.24, 2.45) is 0 Å². The lowest BCUT2D eigenvalue weighted by Gasteiger charge is -2.32. The highest BCUT2D eigenvalue weighted by molar-refractivity contribution is 5.77. The van der Waals surface area contributed by atoms with Crippen molar-refractivity contribution in [1.29, 1.82) is 0 Å². The van der Waals surface area contributed by atoms with Gasteiger partial charge in [0.15, 0.2) is 12.4 Å². The lowest BCUT2D eigenvalue weighted by atomic mass is 10.1. The maximum atomic E-state index is 12.8. The van der Waals surface area contributed by atoms with Gasteiger partial charge in [-0.15, -0.1) is 0 Å². The third kappa shape index (κ3) is 5.30. The van der Waals surface area contributed by atoms with E-state index in [-0.39, 0.29) is 36.9 Å². The predicted octanol–water partition coefficient (Wildman–Crippen LogP) is 3.08. The van der Waals surface area contributed by atoms with Gasteiger partial charge in [-0.25, -0.2) is 14.4 Å². The first-order valence-corrected chi connectivity index (χ1v) is 8.53. The Labute approximate surface area is 158 Å². The van der Waals surface area contributed by atoms with Crippen molar-refractivity contribution in [3.8, 4) is 11.8 Å². The highest BCUT2D eigenvalue weighted by Gasteiger charge is 2.31. The zero-order chi connectivity index (χ0) is 20.1. The number of amides is 1. The van der Waals surface area contributed by atoms with Gasteiger partial charge in [-0.1, -0.05) is 6.07 Å². The van der Waals surface area contributed by atoms with Crippen LogP contribution in [-0.4, -0.2) is 46.6 Å². The van der Waals surface area contributed by atoms with E-state index in [9.17, 15) is 22.4 Å². The quantitative estimate of drug-likeness (QED) is 0.723. The number of halogens is 4. The fraction of sp³-hybridized carbons (Fsp3) is 0.389. The first-order chi connectivity index (χ1) is 13.3. The summed E-state index contributed by atoms with van der Waals surface area (Å²) >= 11 is 0. The number of hydrogen-bond donors (Lipinski definition) is 0. The summed E-state index contributed by atoms with van der Waals surface area (Å²) in [6, 6.07) is 4.37. The van der Waals surface area contributed by atoms with Gasteiger partial charge >= 0.3 is 12.2 Å². The standard InChI is InChI=1S/C18H17F4N3O3/c19-13-8-23-17(24-9-13)28-15-5-2-6-25(10-15)16(26)11-27-14-4-1-3-12(7-14)18(20,21)22/h1,3-4,7-9,15H,2,5-6,10-11H2/t15-/m1/s1. The van der Waals surface area contributed by atoms with Gasteiger partial charge in [-0.3, -0.25) is 4.79 Å². The number of rotatable bonds is 5. The fourth-order valence-electron chi connectivity index (χ4n) is 2.77. The second-order valence-electron chi connectivity index (χ2n) is 6.22. The number of aromatic nitrogens is 2. The molecule has 1 aliphatic heterocycles. The van der Waals surface area contributed by atoms with E-state index in [1.54, 1.807) is 0 Å². The van der Waals surface area contributed by atoms with Crippen LogP contribution in [0.2, 0.25) is 0 Å². The summed E-state index contributed by atoms with van der Waals surface area (Å²) < 4.78 is 61.8. The molecule has 150 valence electrons. The van der Waals surface area contributed by atoms with Crippen molar-refractivity contribution < 1.29 is 31.8 Å². The van der Waals surface area contributed by atoms with Crippen LogP contribution in [0.25, 0.3) is 0 Å². The van der Waals surface area contributed by atoms with Crippen LogP contribution >= 0.6 is 0 Å². The normalized spacial score (nSPS) is 17.3. The Kier molecular flexibility index (Phi) is 5.96.